The Kier molecular flexibility index (Phi) is 5.97. The summed E-state index contributed by atoms with van der Waals surface area (Å²) in [6.45, 7) is 1.77. The van der Waals surface area contributed by atoms with Gasteiger partial charge in [0.15, 0.2) is 0 Å². The molecule has 28 heavy (non-hydrogen) atoms. The highest BCUT2D eigenvalue weighted by Gasteiger charge is 2.23. The predicted octanol–water partition coefficient (Wildman–Crippen LogP) is 3.68. The maximum Gasteiger partial charge on any atom is 0.338 e. The lowest BCUT2D eigenvalue weighted by molar-refractivity contribution is 0.0467. The molecule has 0 N–H and O–H groups in total. The number of hydrogen-bond donors (Lipinski definition) is 0. The smallest absolute Gasteiger partial charge is 0.338 e. The number of anilines is 1. The largest absolute Gasteiger partial charge is 0.455 e. The average molecular weight is 438 g/mol. The first-order chi connectivity index (χ1) is 13.3. The maximum atomic E-state index is 12.9. The molecule has 0 amide bonds. The van der Waals surface area contributed by atoms with Crippen LogP contribution in [0.25, 0.3) is 0 Å². The number of esters is 1. The van der Waals surface area contributed by atoms with Gasteiger partial charge in [-0.25, -0.2) is 13.2 Å². The number of benzene rings is 2. The van der Waals surface area contributed by atoms with Crippen molar-refractivity contribution in [2.24, 2.45) is 0 Å². The van der Waals surface area contributed by atoms with Gasteiger partial charge in [-0.2, -0.15) is 0 Å². The second-order valence-corrected chi connectivity index (χ2v) is 9.23. The van der Waals surface area contributed by atoms with E-state index in [0.29, 0.717) is 15.7 Å². The molecule has 0 radical (unpaired) electrons. The first-order valence-corrected chi connectivity index (χ1v) is 10.7. The molecule has 7 nitrogen and oxygen atoms in total. The van der Waals surface area contributed by atoms with Crippen LogP contribution in [0.4, 0.5) is 5.69 Å². The average Bonchev–Trinajstić information content (AvgIpc) is 3.11. The van der Waals surface area contributed by atoms with Gasteiger partial charge in [0.25, 0.3) is 10.0 Å². The lowest BCUT2D eigenvalue weighted by atomic mass is 10.2. The molecule has 3 rings (SSSR count). The van der Waals surface area contributed by atoms with E-state index in [-0.39, 0.29) is 17.1 Å². The van der Waals surface area contributed by atoms with Crippen LogP contribution >= 0.6 is 23.1 Å². The molecule has 0 spiro atoms. The molecule has 2 aromatic carbocycles. The summed E-state index contributed by atoms with van der Waals surface area (Å²) in [5.41, 5.74) is 2.00. The number of carbonyl (C=O) groups excluding carboxylic acids is 1. The van der Waals surface area contributed by atoms with Crippen LogP contribution in [0.1, 0.15) is 21.6 Å². The van der Waals surface area contributed by atoms with Crippen LogP contribution in [0.2, 0.25) is 4.34 Å². The van der Waals surface area contributed by atoms with E-state index in [1.807, 2.05) is 19.1 Å². The topological polar surface area (TPSA) is 89.5 Å². The fourth-order valence-corrected chi connectivity index (χ4v) is 4.18. The minimum atomic E-state index is -3.84. The Morgan fingerprint density at radius 3 is 2.57 bits per heavy atom. The third-order valence-corrected chi connectivity index (χ3v) is 6.74. The normalized spacial score (nSPS) is 11.2. The summed E-state index contributed by atoms with van der Waals surface area (Å²) >= 11 is 6.86. The van der Waals surface area contributed by atoms with E-state index >= 15 is 0 Å². The Morgan fingerprint density at radius 2 is 1.93 bits per heavy atom. The zero-order chi connectivity index (χ0) is 20.3. The van der Waals surface area contributed by atoms with Crippen molar-refractivity contribution in [1.29, 1.82) is 0 Å². The molecular formula is C18H16ClN3O4S2. The van der Waals surface area contributed by atoms with Gasteiger partial charge in [0.1, 0.15) is 16.6 Å². The summed E-state index contributed by atoms with van der Waals surface area (Å²) in [5, 5.41) is 3.76. The van der Waals surface area contributed by atoms with E-state index in [1.54, 1.807) is 12.1 Å². The van der Waals surface area contributed by atoms with Gasteiger partial charge >= 0.3 is 5.97 Å². The van der Waals surface area contributed by atoms with Crippen LogP contribution in [-0.4, -0.2) is 31.0 Å². The van der Waals surface area contributed by atoms with Crippen molar-refractivity contribution in [1.82, 2.24) is 9.59 Å². The number of halogens is 1. The number of rotatable bonds is 6. The van der Waals surface area contributed by atoms with Crippen LogP contribution in [0.3, 0.4) is 0 Å². The number of hydrogen-bond acceptors (Lipinski definition) is 7. The third-order valence-electron chi connectivity index (χ3n) is 3.98. The summed E-state index contributed by atoms with van der Waals surface area (Å²) in [6.07, 6.45) is 0. The lowest BCUT2D eigenvalue weighted by Crippen LogP contribution is -2.26. The zero-order valence-corrected chi connectivity index (χ0v) is 17.4. The molecule has 10 heteroatoms. The molecule has 0 bridgehead atoms. The van der Waals surface area contributed by atoms with Gasteiger partial charge in [-0.3, -0.25) is 4.31 Å². The van der Waals surface area contributed by atoms with Gasteiger partial charge in [-0.05, 0) is 37.3 Å². The van der Waals surface area contributed by atoms with Gasteiger partial charge in [0, 0.05) is 18.6 Å². The molecule has 0 atom stereocenters. The van der Waals surface area contributed by atoms with Crippen LogP contribution < -0.4 is 4.31 Å². The molecule has 0 aliphatic carbocycles. The van der Waals surface area contributed by atoms with Crippen LogP contribution in [0.15, 0.2) is 53.4 Å². The molecule has 0 saturated carbocycles. The van der Waals surface area contributed by atoms with E-state index < -0.39 is 16.0 Å². The monoisotopic (exact) mass is 437 g/mol. The highest BCUT2D eigenvalue weighted by Crippen LogP contribution is 2.24. The molecular weight excluding hydrogens is 422 g/mol. The Hall–Kier alpha value is -2.49. The summed E-state index contributed by atoms with van der Waals surface area (Å²) < 4.78 is 36.2. The van der Waals surface area contributed by atoms with E-state index in [4.69, 9.17) is 16.3 Å². The summed E-state index contributed by atoms with van der Waals surface area (Å²) in [7, 11) is -2.38. The molecule has 0 unspecified atom stereocenters. The molecule has 3 aromatic rings. The fourth-order valence-electron chi connectivity index (χ4n) is 2.34. The van der Waals surface area contributed by atoms with E-state index in [1.165, 1.54) is 31.3 Å². The maximum absolute atomic E-state index is 12.9. The first-order valence-electron chi connectivity index (χ1n) is 8.08. The van der Waals surface area contributed by atoms with Crippen molar-refractivity contribution >= 4 is 44.8 Å². The molecule has 0 saturated heterocycles. The van der Waals surface area contributed by atoms with Crippen molar-refractivity contribution in [3.05, 3.63) is 69.7 Å². The quantitative estimate of drug-likeness (QED) is 0.546. The second kappa shape index (κ2) is 8.26. The minimum Gasteiger partial charge on any atom is -0.455 e. The van der Waals surface area contributed by atoms with E-state index in [0.717, 1.165) is 21.4 Å². The summed E-state index contributed by atoms with van der Waals surface area (Å²) in [6, 6.07) is 12.8. The van der Waals surface area contributed by atoms with E-state index in [9.17, 15) is 13.2 Å². The SMILES string of the molecule is Cc1ccc(N(C)S(=O)(=O)c2cccc(C(=O)OCc3nnsc3Cl)c2)cc1. The Morgan fingerprint density at radius 1 is 1.21 bits per heavy atom. The molecule has 0 aliphatic heterocycles. The summed E-state index contributed by atoms with van der Waals surface area (Å²) in [4.78, 5) is 12.3. The Bertz CT molecular complexity index is 1100. The number of aromatic nitrogens is 2. The number of sulfonamides is 1. The van der Waals surface area contributed by atoms with Crippen molar-refractivity contribution in [3.63, 3.8) is 0 Å². The van der Waals surface area contributed by atoms with Crippen LogP contribution in [0, 0.1) is 6.92 Å². The number of nitrogens with zero attached hydrogens (tertiary/aromatic N) is 3. The third kappa shape index (κ3) is 4.32. The van der Waals surface area contributed by atoms with Crippen LogP contribution in [0.5, 0.6) is 0 Å². The first kappa shape index (κ1) is 20.2. The van der Waals surface area contributed by atoms with Crippen molar-refractivity contribution < 1.29 is 17.9 Å². The molecule has 0 fully saturated rings. The van der Waals surface area contributed by atoms with Gasteiger partial charge in [0.2, 0.25) is 0 Å². The molecule has 146 valence electrons. The fraction of sp³-hybridized carbons (Fsp3) is 0.167. The standard InChI is InChI=1S/C18H16ClN3O4S2/c1-12-6-8-14(9-7-12)22(2)28(24,25)15-5-3-4-13(10-15)18(23)26-11-16-17(19)27-21-20-16/h3-10H,11H2,1-2H3. The zero-order valence-electron chi connectivity index (χ0n) is 15.0. The number of carbonyl (C=O) groups is 1. The van der Waals surface area contributed by atoms with E-state index in [2.05, 4.69) is 9.59 Å². The van der Waals surface area contributed by atoms with Gasteiger partial charge in [-0.1, -0.05) is 39.9 Å². The minimum absolute atomic E-state index is 0.0154. The van der Waals surface area contributed by atoms with Crippen molar-refractivity contribution in [2.75, 3.05) is 11.4 Å². The molecule has 0 aliphatic rings. The highest BCUT2D eigenvalue weighted by atomic mass is 35.5. The second-order valence-electron chi connectivity index (χ2n) is 5.91. The van der Waals surface area contributed by atoms with Crippen molar-refractivity contribution in [3.8, 4) is 0 Å². The molecule has 1 aromatic heterocycles. The Balaban J connectivity index is 1.80. The summed E-state index contributed by atoms with van der Waals surface area (Å²) in [5.74, 6) is -0.681. The number of ether oxygens (including phenoxy) is 1. The van der Waals surface area contributed by atoms with Crippen molar-refractivity contribution in [2.45, 2.75) is 18.4 Å². The lowest BCUT2D eigenvalue weighted by Gasteiger charge is -2.20. The van der Waals surface area contributed by atoms with Crippen LogP contribution in [-0.2, 0) is 21.4 Å². The van der Waals surface area contributed by atoms with Gasteiger partial charge in [-0.15, -0.1) is 5.10 Å². The molecule has 1 heterocycles. The van der Waals surface area contributed by atoms with Gasteiger partial charge < -0.3 is 4.74 Å². The van der Waals surface area contributed by atoms with Gasteiger partial charge in [0.05, 0.1) is 16.1 Å². The highest BCUT2D eigenvalue weighted by molar-refractivity contribution is 7.92. The number of aryl methyl sites for hydroxylation is 1. The predicted molar refractivity (Wildman–Crippen MR) is 107 cm³/mol. The Labute approximate surface area is 171 Å².